The number of benzene rings is 1. The third-order valence-electron chi connectivity index (χ3n) is 3.61. The Morgan fingerprint density at radius 1 is 1.21 bits per heavy atom. The van der Waals surface area contributed by atoms with E-state index in [9.17, 15) is 10.1 Å². The van der Waals surface area contributed by atoms with Crippen molar-refractivity contribution in [3.05, 3.63) is 75.7 Å². The van der Waals surface area contributed by atoms with E-state index in [1.54, 1.807) is 6.07 Å². The van der Waals surface area contributed by atoms with Crippen LogP contribution in [0.5, 0.6) is 0 Å². The lowest BCUT2D eigenvalue weighted by molar-refractivity contribution is -0.384. The average Bonchev–Trinajstić information content (AvgIpc) is 2.85. The Bertz CT molecular complexity index is 888. The van der Waals surface area contributed by atoms with Crippen LogP contribution in [-0.4, -0.2) is 19.7 Å². The maximum Gasteiger partial charge on any atom is 0.311 e. The van der Waals surface area contributed by atoms with Crippen LogP contribution in [0.1, 0.15) is 17.0 Å². The molecule has 3 rings (SSSR count). The van der Waals surface area contributed by atoms with E-state index in [2.05, 4.69) is 15.4 Å². The molecule has 0 aliphatic rings. The number of aryl methyl sites for hydroxylation is 2. The van der Waals surface area contributed by atoms with Crippen molar-refractivity contribution in [2.24, 2.45) is 0 Å². The SMILES string of the molecule is Cc1cc(C)n(Cc2cccc(Nc3ncccc3[N+](=O)[O-])c2)n1. The van der Waals surface area contributed by atoms with Crippen LogP contribution in [0.2, 0.25) is 0 Å². The molecule has 1 aromatic carbocycles. The maximum absolute atomic E-state index is 11.1. The first-order valence-electron chi connectivity index (χ1n) is 7.49. The summed E-state index contributed by atoms with van der Waals surface area (Å²) in [5, 5.41) is 18.5. The smallest absolute Gasteiger partial charge is 0.311 e. The molecule has 0 spiro atoms. The second-order valence-corrected chi connectivity index (χ2v) is 5.54. The number of rotatable bonds is 5. The highest BCUT2D eigenvalue weighted by Gasteiger charge is 2.14. The number of hydrogen-bond acceptors (Lipinski definition) is 5. The van der Waals surface area contributed by atoms with Crippen LogP contribution < -0.4 is 5.32 Å². The molecule has 0 aliphatic carbocycles. The molecule has 0 amide bonds. The molecule has 0 atom stereocenters. The molecule has 2 heterocycles. The summed E-state index contributed by atoms with van der Waals surface area (Å²) in [6.07, 6.45) is 1.52. The third-order valence-corrected chi connectivity index (χ3v) is 3.61. The van der Waals surface area contributed by atoms with Gasteiger partial charge in [-0.05, 0) is 43.7 Å². The Balaban J connectivity index is 1.84. The van der Waals surface area contributed by atoms with Gasteiger partial charge in [0, 0.05) is 23.6 Å². The van der Waals surface area contributed by atoms with Crippen LogP contribution in [-0.2, 0) is 6.54 Å². The van der Waals surface area contributed by atoms with E-state index in [0.29, 0.717) is 6.54 Å². The molecule has 0 bridgehead atoms. The van der Waals surface area contributed by atoms with Gasteiger partial charge in [0.2, 0.25) is 5.82 Å². The van der Waals surface area contributed by atoms with E-state index in [0.717, 1.165) is 22.6 Å². The monoisotopic (exact) mass is 323 g/mol. The molecular formula is C17H17N5O2. The number of nitrogens with one attached hydrogen (secondary N) is 1. The number of nitro groups is 1. The van der Waals surface area contributed by atoms with E-state index in [-0.39, 0.29) is 11.5 Å². The zero-order valence-corrected chi connectivity index (χ0v) is 13.4. The Kier molecular flexibility index (Phi) is 4.24. The fourth-order valence-corrected chi connectivity index (χ4v) is 2.53. The molecule has 1 N–H and O–H groups in total. The van der Waals surface area contributed by atoms with Crippen LogP contribution in [0.4, 0.5) is 17.2 Å². The molecule has 24 heavy (non-hydrogen) atoms. The van der Waals surface area contributed by atoms with Crippen molar-refractivity contribution in [2.75, 3.05) is 5.32 Å². The molecule has 7 heteroatoms. The molecule has 0 aliphatic heterocycles. The number of nitrogens with zero attached hydrogens (tertiary/aromatic N) is 4. The largest absolute Gasteiger partial charge is 0.334 e. The highest BCUT2D eigenvalue weighted by molar-refractivity contribution is 5.65. The van der Waals surface area contributed by atoms with E-state index in [4.69, 9.17) is 0 Å². The minimum absolute atomic E-state index is 0.0542. The number of hydrogen-bond donors (Lipinski definition) is 1. The van der Waals surface area contributed by atoms with Gasteiger partial charge in [-0.15, -0.1) is 0 Å². The molecule has 0 unspecified atom stereocenters. The van der Waals surface area contributed by atoms with E-state index in [1.165, 1.54) is 12.3 Å². The Labute approximate surface area is 139 Å². The summed E-state index contributed by atoms with van der Waals surface area (Å²) in [6.45, 7) is 4.61. The van der Waals surface area contributed by atoms with Gasteiger partial charge < -0.3 is 5.32 Å². The summed E-state index contributed by atoms with van der Waals surface area (Å²) in [5.74, 6) is 0.228. The highest BCUT2D eigenvalue weighted by Crippen LogP contribution is 2.25. The van der Waals surface area contributed by atoms with Gasteiger partial charge in [-0.3, -0.25) is 14.8 Å². The fraction of sp³-hybridized carbons (Fsp3) is 0.176. The summed E-state index contributed by atoms with van der Waals surface area (Å²) >= 11 is 0. The molecule has 3 aromatic rings. The number of aromatic nitrogens is 3. The summed E-state index contributed by atoms with van der Waals surface area (Å²) in [7, 11) is 0. The Morgan fingerprint density at radius 3 is 2.75 bits per heavy atom. The van der Waals surface area contributed by atoms with Crippen LogP contribution >= 0.6 is 0 Å². The van der Waals surface area contributed by atoms with Crippen LogP contribution in [0.15, 0.2) is 48.7 Å². The van der Waals surface area contributed by atoms with Crippen LogP contribution in [0.25, 0.3) is 0 Å². The van der Waals surface area contributed by atoms with Gasteiger partial charge >= 0.3 is 5.69 Å². The average molecular weight is 323 g/mol. The molecule has 0 saturated heterocycles. The predicted octanol–water partition coefficient (Wildman–Crippen LogP) is 3.60. The lowest BCUT2D eigenvalue weighted by atomic mass is 10.2. The minimum atomic E-state index is -0.449. The molecule has 0 fully saturated rings. The molecule has 2 aromatic heterocycles. The zero-order chi connectivity index (χ0) is 17.1. The quantitative estimate of drug-likeness (QED) is 0.573. The van der Waals surface area contributed by atoms with Crippen molar-refractivity contribution in [3.8, 4) is 0 Å². The topological polar surface area (TPSA) is 85.9 Å². The Morgan fingerprint density at radius 2 is 2.04 bits per heavy atom. The molecule has 7 nitrogen and oxygen atoms in total. The maximum atomic E-state index is 11.1. The minimum Gasteiger partial charge on any atom is -0.334 e. The van der Waals surface area contributed by atoms with Crippen molar-refractivity contribution in [2.45, 2.75) is 20.4 Å². The van der Waals surface area contributed by atoms with Gasteiger partial charge in [0.25, 0.3) is 0 Å². The first-order chi connectivity index (χ1) is 11.5. The van der Waals surface area contributed by atoms with Crippen LogP contribution in [0.3, 0.4) is 0 Å². The first-order valence-corrected chi connectivity index (χ1v) is 7.49. The fourth-order valence-electron chi connectivity index (χ4n) is 2.53. The number of anilines is 2. The van der Waals surface area contributed by atoms with Crippen LogP contribution in [0, 0.1) is 24.0 Å². The van der Waals surface area contributed by atoms with Gasteiger partial charge in [0.05, 0.1) is 17.2 Å². The van der Waals surface area contributed by atoms with Gasteiger partial charge in [0.1, 0.15) is 0 Å². The van der Waals surface area contributed by atoms with Gasteiger partial charge in [0.15, 0.2) is 0 Å². The second kappa shape index (κ2) is 6.49. The molecule has 0 radical (unpaired) electrons. The lowest BCUT2D eigenvalue weighted by Crippen LogP contribution is -2.04. The summed E-state index contributed by atoms with van der Waals surface area (Å²) in [4.78, 5) is 14.7. The van der Waals surface area contributed by atoms with Crippen molar-refractivity contribution < 1.29 is 4.92 Å². The molecule has 0 saturated carbocycles. The van der Waals surface area contributed by atoms with Crippen molar-refractivity contribution in [1.29, 1.82) is 0 Å². The van der Waals surface area contributed by atoms with E-state index in [1.807, 2.05) is 48.9 Å². The number of pyridine rings is 1. The Hall–Kier alpha value is -3.22. The predicted molar refractivity (Wildman–Crippen MR) is 91.4 cm³/mol. The van der Waals surface area contributed by atoms with Crippen molar-refractivity contribution in [1.82, 2.24) is 14.8 Å². The van der Waals surface area contributed by atoms with Crippen molar-refractivity contribution in [3.63, 3.8) is 0 Å². The van der Waals surface area contributed by atoms with Gasteiger partial charge in [-0.1, -0.05) is 12.1 Å². The summed E-state index contributed by atoms with van der Waals surface area (Å²) in [5.41, 5.74) is 3.80. The van der Waals surface area contributed by atoms with Crippen molar-refractivity contribution >= 4 is 17.2 Å². The molecular weight excluding hydrogens is 306 g/mol. The first kappa shape index (κ1) is 15.7. The van der Waals surface area contributed by atoms with Gasteiger partial charge in [-0.2, -0.15) is 5.10 Å². The third kappa shape index (κ3) is 3.40. The van der Waals surface area contributed by atoms with Gasteiger partial charge in [-0.25, -0.2) is 4.98 Å². The standard InChI is InChI=1S/C17H17N5O2/c1-12-9-13(2)21(20-12)11-14-5-3-6-15(10-14)19-17-16(22(23)24)7-4-8-18-17/h3-10H,11H2,1-2H3,(H,18,19). The summed E-state index contributed by atoms with van der Waals surface area (Å²) < 4.78 is 1.93. The normalized spacial score (nSPS) is 10.6. The second-order valence-electron chi connectivity index (χ2n) is 5.54. The van der Waals surface area contributed by atoms with E-state index < -0.39 is 4.92 Å². The lowest BCUT2D eigenvalue weighted by Gasteiger charge is -2.09. The van der Waals surface area contributed by atoms with E-state index >= 15 is 0 Å². The highest BCUT2D eigenvalue weighted by atomic mass is 16.6. The zero-order valence-electron chi connectivity index (χ0n) is 13.4. The molecule has 122 valence electrons. The summed E-state index contributed by atoms with van der Waals surface area (Å²) in [6, 6.07) is 12.7.